The summed E-state index contributed by atoms with van der Waals surface area (Å²) in [4.78, 5) is 30.9. The Labute approximate surface area is 238 Å². The topological polar surface area (TPSA) is 161 Å². The number of nitrogens with one attached hydrogen (secondary N) is 3. The SMILES string of the molecule is CC(C)Nc1ncc(-c2cc(N)cc(OCCc3ccccc3)c2)n(CC(=O)NCc2ccc(C(=N)N)cc2)c1=O. The summed E-state index contributed by atoms with van der Waals surface area (Å²) < 4.78 is 7.37. The third-order valence-corrected chi connectivity index (χ3v) is 6.26. The monoisotopic (exact) mass is 553 g/mol. The normalized spacial score (nSPS) is 10.8. The summed E-state index contributed by atoms with van der Waals surface area (Å²) in [5, 5.41) is 13.4. The van der Waals surface area contributed by atoms with Gasteiger partial charge in [-0.05, 0) is 37.1 Å². The minimum absolute atomic E-state index is 0.0257. The van der Waals surface area contributed by atoms with Crippen LogP contribution in [0.15, 0.2) is 83.8 Å². The van der Waals surface area contributed by atoms with Gasteiger partial charge in [-0.25, -0.2) is 4.98 Å². The van der Waals surface area contributed by atoms with Crippen LogP contribution < -0.4 is 32.4 Å². The van der Waals surface area contributed by atoms with Crippen LogP contribution in [0, 0.1) is 5.41 Å². The lowest BCUT2D eigenvalue weighted by Gasteiger charge is -2.17. The number of amides is 1. The van der Waals surface area contributed by atoms with E-state index < -0.39 is 5.56 Å². The summed E-state index contributed by atoms with van der Waals surface area (Å²) in [7, 11) is 0. The van der Waals surface area contributed by atoms with Crippen molar-refractivity contribution in [3.05, 3.63) is 106 Å². The molecular formula is C31H35N7O3. The van der Waals surface area contributed by atoms with Crippen LogP contribution in [-0.2, 0) is 24.3 Å². The molecule has 0 unspecified atom stereocenters. The maximum Gasteiger partial charge on any atom is 0.294 e. The van der Waals surface area contributed by atoms with E-state index in [-0.39, 0.29) is 36.7 Å². The van der Waals surface area contributed by atoms with Crippen molar-refractivity contribution in [3.8, 4) is 17.0 Å². The summed E-state index contributed by atoms with van der Waals surface area (Å²) in [6.07, 6.45) is 2.28. The van der Waals surface area contributed by atoms with Gasteiger partial charge in [-0.15, -0.1) is 0 Å². The average molecular weight is 554 g/mol. The van der Waals surface area contributed by atoms with Crippen molar-refractivity contribution in [2.24, 2.45) is 5.73 Å². The Bertz CT molecular complexity index is 1570. The van der Waals surface area contributed by atoms with Crippen LogP contribution >= 0.6 is 0 Å². The van der Waals surface area contributed by atoms with Crippen LogP contribution in [0.25, 0.3) is 11.3 Å². The number of anilines is 2. The molecule has 41 heavy (non-hydrogen) atoms. The number of ether oxygens (including phenoxy) is 1. The van der Waals surface area contributed by atoms with E-state index >= 15 is 0 Å². The minimum atomic E-state index is -0.425. The van der Waals surface area contributed by atoms with Crippen molar-refractivity contribution in [3.63, 3.8) is 0 Å². The highest BCUT2D eigenvalue weighted by Gasteiger charge is 2.17. The number of benzene rings is 3. The van der Waals surface area contributed by atoms with E-state index in [1.165, 1.54) is 4.57 Å². The smallest absolute Gasteiger partial charge is 0.294 e. The van der Waals surface area contributed by atoms with Crippen molar-refractivity contribution >= 4 is 23.2 Å². The lowest BCUT2D eigenvalue weighted by atomic mass is 10.1. The van der Waals surface area contributed by atoms with Crippen LogP contribution in [0.2, 0.25) is 0 Å². The fourth-order valence-corrected chi connectivity index (χ4v) is 4.23. The van der Waals surface area contributed by atoms with E-state index in [0.717, 1.165) is 17.5 Å². The Hall–Kier alpha value is -5.12. The molecule has 10 heteroatoms. The second-order valence-electron chi connectivity index (χ2n) is 9.94. The third-order valence-electron chi connectivity index (χ3n) is 6.26. The molecule has 212 valence electrons. The molecule has 0 bridgehead atoms. The lowest BCUT2D eigenvalue weighted by molar-refractivity contribution is -0.121. The van der Waals surface area contributed by atoms with Crippen LogP contribution in [0.4, 0.5) is 11.5 Å². The number of nitrogen functional groups attached to an aromatic ring is 2. The molecule has 0 saturated carbocycles. The average Bonchev–Trinajstić information content (AvgIpc) is 2.94. The second kappa shape index (κ2) is 13.3. The predicted octanol–water partition coefficient (Wildman–Crippen LogP) is 3.53. The Morgan fingerprint density at radius 1 is 1.05 bits per heavy atom. The first kappa shape index (κ1) is 28.9. The van der Waals surface area contributed by atoms with Crippen molar-refractivity contribution in [2.75, 3.05) is 17.7 Å². The van der Waals surface area contributed by atoms with Gasteiger partial charge in [0.15, 0.2) is 5.82 Å². The van der Waals surface area contributed by atoms with E-state index in [4.69, 9.17) is 21.6 Å². The molecule has 0 aliphatic heterocycles. The van der Waals surface area contributed by atoms with Crippen molar-refractivity contribution in [2.45, 2.75) is 39.4 Å². The molecule has 7 N–H and O–H groups in total. The fraction of sp³-hybridized carbons (Fsp3) is 0.226. The lowest BCUT2D eigenvalue weighted by Crippen LogP contribution is -2.35. The first-order valence-electron chi connectivity index (χ1n) is 13.3. The van der Waals surface area contributed by atoms with Gasteiger partial charge in [0.05, 0.1) is 18.5 Å². The number of nitrogens with two attached hydrogens (primary N) is 2. The zero-order chi connectivity index (χ0) is 29.4. The Morgan fingerprint density at radius 2 is 1.78 bits per heavy atom. The number of hydrogen-bond donors (Lipinski definition) is 5. The number of hydrogen-bond acceptors (Lipinski definition) is 7. The number of aromatic nitrogens is 2. The summed E-state index contributed by atoms with van der Waals surface area (Å²) in [6.45, 7) is 4.28. The molecule has 3 aromatic carbocycles. The number of rotatable bonds is 12. The number of carbonyl (C=O) groups is 1. The second-order valence-corrected chi connectivity index (χ2v) is 9.94. The molecule has 4 aromatic rings. The molecule has 1 heterocycles. The molecule has 0 saturated heterocycles. The molecule has 0 spiro atoms. The van der Waals surface area contributed by atoms with Gasteiger partial charge in [-0.3, -0.25) is 19.6 Å². The summed E-state index contributed by atoms with van der Waals surface area (Å²) in [5.41, 5.74) is 15.4. The van der Waals surface area contributed by atoms with Gasteiger partial charge >= 0.3 is 0 Å². The first-order valence-corrected chi connectivity index (χ1v) is 13.3. The molecular weight excluding hydrogens is 518 g/mol. The summed E-state index contributed by atoms with van der Waals surface area (Å²) in [5.74, 6) is 0.327. The van der Waals surface area contributed by atoms with Gasteiger partial charge in [0.25, 0.3) is 5.56 Å². The molecule has 0 aliphatic carbocycles. The van der Waals surface area contributed by atoms with Gasteiger partial charge in [-0.1, -0.05) is 54.6 Å². The minimum Gasteiger partial charge on any atom is -0.493 e. The molecule has 4 rings (SSSR count). The number of amidine groups is 1. The maximum absolute atomic E-state index is 13.5. The molecule has 0 aliphatic rings. The Kier molecular flexibility index (Phi) is 9.36. The van der Waals surface area contributed by atoms with E-state index in [1.54, 1.807) is 48.7 Å². The largest absolute Gasteiger partial charge is 0.493 e. The highest BCUT2D eigenvalue weighted by atomic mass is 16.5. The number of nitrogens with zero attached hydrogens (tertiary/aromatic N) is 2. The van der Waals surface area contributed by atoms with Crippen LogP contribution in [0.1, 0.15) is 30.5 Å². The first-order chi connectivity index (χ1) is 19.7. The molecule has 0 radical (unpaired) electrons. The maximum atomic E-state index is 13.5. The van der Waals surface area contributed by atoms with E-state index in [1.807, 2.05) is 44.2 Å². The molecule has 0 fully saturated rings. The standard InChI is InChI=1S/C31H35N7O3/c1-20(2)37-30-31(40)38(19-28(39)35-17-22-8-10-23(11-9-22)29(33)34)27(18-36-30)24-14-25(32)16-26(15-24)41-13-12-21-6-4-3-5-7-21/h3-11,14-16,18,20H,12-13,17,19,32H2,1-2H3,(H3,33,34)(H,35,39)(H,36,37). The van der Waals surface area contributed by atoms with Crippen molar-refractivity contribution in [1.29, 1.82) is 5.41 Å². The van der Waals surface area contributed by atoms with E-state index in [0.29, 0.717) is 34.9 Å². The quantitative estimate of drug-likeness (QED) is 0.102. The molecule has 1 amide bonds. The van der Waals surface area contributed by atoms with E-state index in [2.05, 4.69) is 15.6 Å². The number of carbonyl (C=O) groups excluding carboxylic acids is 1. The highest BCUT2D eigenvalue weighted by molar-refractivity contribution is 5.94. The van der Waals surface area contributed by atoms with Gasteiger partial charge in [0.2, 0.25) is 5.91 Å². The summed E-state index contributed by atoms with van der Waals surface area (Å²) >= 11 is 0. The highest BCUT2D eigenvalue weighted by Crippen LogP contribution is 2.27. The van der Waals surface area contributed by atoms with Gasteiger partial charge < -0.3 is 26.8 Å². The zero-order valence-corrected chi connectivity index (χ0v) is 23.2. The summed E-state index contributed by atoms with van der Waals surface area (Å²) in [6, 6.07) is 22.2. The van der Waals surface area contributed by atoms with Crippen molar-refractivity contribution in [1.82, 2.24) is 14.9 Å². The van der Waals surface area contributed by atoms with Gasteiger partial charge in [-0.2, -0.15) is 0 Å². The Balaban J connectivity index is 1.56. The third kappa shape index (κ3) is 7.95. The predicted molar refractivity (Wildman–Crippen MR) is 162 cm³/mol. The molecule has 10 nitrogen and oxygen atoms in total. The fourth-order valence-electron chi connectivity index (χ4n) is 4.23. The molecule has 0 atom stereocenters. The van der Waals surface area contributed by atoms with Gasteiger partial charge in [0.1, 0.15) is 18.1 Å². The van der Waals surface area contributed by atoms with Crippen LogP contribution in [0.5, 0.6) is 5.75 Å². The van der Waals surface area contributed by atoms with Crippen LogP contribution in [-0.4, -0.2) is 33.9 Å². The van der Waals surface area contributed by atoms with Crippen LogP contribution in [0.3, 0.4) is 0 Å². The molecule has 1 aromatic heterocycles. The Morgan fingerprint density at radius 3 is 2.46 bits per heavy atom. The van der Waals surface area contributed by atoms with E-state index in [9.17, 15) is 9.59 Å². The van der Waals surface area contributed by atoms with Crippen molar-refractivity contribution < 1.29 is 9.53 Å². The van der Waals surface area contributed by atoms with Gasteiger partial charge in [0, 0.05) is 41.9 Å². The zero-order valence-electron chi connectivity index (χ0n) is 23.2.